The van der Waals surface area contributed by atoms with E-state index in [4.69, 9.17) is 21.0 Å². The first-order valence-corrected chi connectivity index (χ1v) is 5.35. The van der Waals surface area contributed by atoms with Gasteiger partial charge in [0, 0.05) is 12.0 Å². The average molecular weight is 292 g/mol. The fourth-order valence-electron chi connectivity index (χ4n) is 1.71. The van der Waals surface area contributed by atoms with E-state index >= 15 is 0 Å². The molecule has 0 fully saturated rings. The normalized spacial score (nSPS) is 18.5. The molecule has 104 valence electrons. The van der Waals surface area contributed by atoms with Gasteiger partial charge in [0.05, 0.1) is 18.1 Å². The van der Waals surface area contributed by atoms with E-state index in [1.165, 1.54) is 24.3 Å². The first-order valence-electron chi connectivity index (χ1n) is 5.35. The predicted octanol–water partition coefficient (Wildman–Crippen LogP) is 3.31. The molecule has 0 amide bonds. The van der Waals surface area contributed by atoms with Crippen LogP contribution in [0.15, 0.2) is 34.5 Å². The smallest absolute Gasteiger partial charge is 0.161 e. The highest BCUT2D eigenvalue weighted by Crippen LogP contribution is 2.42. The molecule has 0 aromatic heterocycles. The van der Waals surface area contributed by atoms with Gasteiger partial charge in [-0.3, -0.25) is 0 Å². The topological polar surface area (TPSA) is 95.2 Å². The average Bonchev–Trinajstić information content (AvgIpc) is 2.56. The molecule has 0 aliphatic heterocycles. The molecule has 0 spiro atoms. The maximum atomic E-state index is 13.9. The fraction of sp³-hybridized carbons (Fsp3) is 0.231. The largest absolute Gasteiger partial charge is 0.209 e. The number of rotatable bonds is 1. The van der Waals surface area contributed by atoms with Gasteiger partial charge in [-0.1, -0.05) is 0 Å². The van der Waals surface area contributed by atoms with Crippen molar-refractivity contribution >= 4 is 0 Å². The Bertz CT molecular complexity index is 704. The highest BCUT2D eigenvalue weighted by atomic mass is 19.2. The molecular weight excluding hydrogens is 288 g/mol. The van der Waals surface area contributed by atoms with Gasteiger partial charge in [0.1, 0.15) is 41.1 Å². The van der Waals surface area contributed by atoms with E-state index in [9.17, 15) is 17.6 Å². The summed E-state index contributed by atoms with van der Waals surface area (Å²) in [6.07, 6.45) is -1.15. The van der Waals surface area contributed by atoms with Crippen LogP contribution in [0.1, 0.15) is 6.42 Å². The second-order valence-electron chi connectivity index (χ2n) is 3.88. The summed E-state index contributed by atoms with van der Waals surface area (Å²) in [6.45, 7) is 0. The van der Waals surface area contributed by atoms with Crippen molar-refractivity contribution in [3.63, 3.8) is 0 Å². The van der Waals surface area contributed by atoms with Crippen molar-refractivity contribution in [3.05, 3.63) is 34.5 Å². The van der Waals surface area contributed by atoms with Crippen LogP contribution in [0.3, 0.4) is 0 Å². The third kappa shape index (κ3) is 2.76. The lowest BCUT2D eigenvalue weighted by atomic mass is 9.92. The van der Waals surface area contributed by atoms with Gasteiger partial charge in [-0.05, 0) is 0 Å². The van der Waals surface area contributed by atoms with Crippen LogP contribution in [-0.2, 0) is 0 Å². The highest BCUT2D eigenvalue weighted by Gasteiger charge is 2.39. The molecule has 0 saturated heterocycles. The van der Waals surface area contributed by atoms with Gasteiger partial charge in [0.15, 0.2) is 5.83 Å². The van der Waals surface area contributed by atoms with Gasteiger partial charge >= 0.3 is 0 Å². The monoisotopic (exact) mass is 292 g/mol. The third-order valence-corrected chi connectivity index (χ3v) is 2.75. The number of hydrogen-bond acceptors (Lipinski definition) is 4. The minimum Gasteiger partial charge on any atom is -0.209 e. The molecule has 0 bridgehead atoms. The van der Waals surface area contributed by atoms with Crippen molar-refractivity contribution in [1.29, 1.82) is 21.0 Å². The van der Waals surface area contributed by atoms with Crippen LogP contribution in [0, 0.1) is 57.2 Å². The van der Waals surface area contributed by atoms with E-state index in [0.717, 1.165) is 0 Å². The Morgan fingerprint density at radius 1 is 0.952 bits per heavy atom. The van der Waals surface area contributed by atoms with E-state index < -0.39 is 52.7 Å². The lowest BCUT2D eigenvalue weighted by Gasteiger charge is -2.12. The molecule has 1 aliphatic rings. The molecule has 8 heteroatoms. The quantitative estimate of drug-likeness (QED) is 0.547. The van der Waals surface area contributed by atoms with Crippen molar-refractivity contribution in [2.24, 2.45) is 11.8 Å². The van der Waals surface area contributed by atoms with E-state index in [0.29, 0.717) is 0 Å². The molecule has 0 heterocycles. The van der Waals surface area contributed by atoms with Crippen molar-refractivity contribution in [2.75, 3.05) is 0 Å². The van der Waals surface area contributed by atoms with E-state index in [1.807, 2.05) is 0 Å². The third-order valence-electron chi connectivity index (χ3n) is 2.75. The zero-order valence-electron chi connectivity index (χ0n) is 10.2. The molecule has 1 aliphatic carbocycles. The predicted molar refractivity (Wildman–Crippen MR) is 59.6 cm³/mol. The minimum absolute atomic E-state index is 0.920. The summed E-state index contributed by atoms with van der Waals surface area (Å²) in [5.74, 6) is -11.5. The number of nitriles is 4. The first-order chi connectivity index (χ1) is 9.92. The Labute approximate surface area is 116 Å². The molecule has 0 aromatic carbocycles. The zero-order valence-corrected chi connectivity index (χ0v) is 10.2. The molecule has 1 atom stereocenters. The van der Waals surface area contributed by atoms with Crippen molar-refractivity contribution < 1.29 is 17.6 Å². The summed E-state index contributed by atoms with van der Waals surface area (Å²) in [7, 11) is 0. The number of halogens is 4. The summed E-state index contributed by atoms with van der Waals surface area (Å²) in [4.78, 5) is 0. The van der Waals surface area contributed by atoms with Gasteiger partial charge in [0.25, 0.3) is 0 Å². The molecule has 1 unspecified atom stereocenters. The molecule has 0 N–H and O–H groups in total. The molecule has 1 rings (SSSR count). The SMILES string of the molecule is N#CC(C#N)=C1CC(F)=C(F)C(C(C#N)C#N)C(F)=C1F. The molecule has 21 heavy (non-hydrogen) atoms. The van der Waals surface area contributed by atoms with E-state index in [1.54, 1.807) is 0 Å². The summed E-state index contributed by atoms with van der Waals surface area (Å²) >= 11 is 0. The Hall–Kier alpha value is -3.10. The number of nitrogens with zero attached hydrogens (tertiary/aromatic N) is 4. The van der Waals surface area contributed by atoms with Crippen molar-refractivity contribution in [3.8, 4) is 24.3 Å². The van der Waals surface area contributed by atoms with Crippen LogP contribution in [-0.4, -0.2) is 0 Å². The maximum Gasteiger partial charge on any atom is 0.161 e. The fourth-order valence-corrected chi connectivity index (χ4v) is 1.71. The maximum absolute atomic E-state index is 13.9. The van der Waals surface area contributed by atoms with Crippen LogP contribution >= 0.6 is 0 Å². The number of hydrogen-bond donors (Lipinski definition) is 0. The van der Waals surface area contributed by atoms with Crippen molar-refractivity contribution in [2.45, 2.75) is 6.42 Å². The second-order valence-corrected chi connectivity index (χ2v) is 3.88. The highest BCUT2D eigenvalue weighted by molar-refractivity contribution is 5.51. The first kappa shape index (κ1) is 16.0. The Morgan fingerprint density at radius 3 is 1.90 bits per heavy atom. The van der Waals surface area contributed by atoms with Gasteiger partial charge in [0.2, 0.25) is 0 Å². The Morgan fingerprint density at radius 2 is 1.48 bits per heavy atom. The summed E-state index contributed by atoms with van der Waals surface area (Å²) in [5.41, 5.74) is -1.88. The standard InChI is InChI=1S/C13H4F4N4/c14-9-1-8(6(2-18)3-19)11(15)13(17)10(12(9)16)7(4-20)5-21/h7,10H,1H2. The molecule has 0 aromatic rings. The molecular formula is C13H4F4N4. The minimum atomic E-state index is -2.36. The molecule has 0 saturated carbocycles. The number of allylic oxidation sites excluding steroid dienone is 6. The summed E-state index contributed by atoms with van der Waals surface area (Å²) < 4.78 is 55.3. The Kier molecular flexibility index (Phi) is 4.84. The van der Waals surface area contributed by atoms with Gasteiger partial charge in [-0.2, -0.15) is 21.0 Å². The van der Waals surface area contributed by atoms with Crippen LogP contribution in [0.5, 0.6) is 0 Å². The summed E-state index contributed by atoms with van der Waals surface area (Å²) in [6, 6.07) is 4.96. The lowest BCUT2D eigenvalue weighted by Crippen LogP contribution is -2.14. The summed E-state index contributed by atoms with van der Waals surface area (Å²) in [5, 5.41) is 34.5. The van der Waals surface area contributed by atoms with Crippen LogP contribution < -0.4 is 0 Å². The van der Waals surface area contributed by atoms with Crippen molar-refractivity contribution in [1.82, 2.24) is 0 Å². The second kappa shape index (κ2) is 6.37. The lowest BCUT2D eigenvalue weighted by molar-refractivity contribution is 0.370. The zero-order chi connectivity index (χ0) is 16.2. The van der Waals surface area contributed by atoms with Crippen LogP contribution in [0.25, 0.3) is 0 Å². The van der Waals surface area contributed by atoms with Crippen LogP contribution in [0.4, 0.5) is 17.6 Å². The van der Waals surface area contributed by atoms with E-state index in [-0.39, 0.29) is 0 Å². The molecule has 4 nitrogen and oxygen atoms in total. The Balaban J connectivity index is 3.70. The van der Waals surface area contributed by atoms with Gasteiger partial charge in [-0.15, -0.1) is 0 Å². The van der Waals surface area contributed by atoms with Crippen LogP contribution in [0.2, 0.25) is 0 Å². The molecule has 0 radical (unpaired) electrons. The van der Waals surface area contributed by atoms with E-state index in [2.05, 4.69) is 0 Å². The van der Waals surface area contributed by atoms with Gasteiger partial charge in [-0.25, -0.2) is 17.6 Å². The van der Waals surface area contributed by atoms with Gasteiger partial charge < -0.3 is 0 Å².